The molecule has 0 N–H and O–H groups in total. The Balaban J connectivity index is 1.49. The van der Waals surface area contributed by atoms with Gasteiger partial charge in [-0.25, -0.2) is 8.78 Å². The first kappa shape index (κ1) is 24.0. The van der Waals surface area contributed by atoms with Crippen LogP contribution >= 0.6 is 0 Å². The lowest BCUT2D eigenvalue weighted by Crippen LogP contribution is -2.25. The van der Waals surface area contributed by atoms with Crippen molar-refractivity contribution in [3.63, 3.8) is 0 Å². The lowest BCUT2D eigenvalue weighted by molar-refractivity contribution is 0.152. The number of hydrogen-bond acceptors (Lipinski definition) is 4. The highest BCUT2D eigenvalue weighted by Crippen LogP contribution is 2.51. The summed E-state index contributed by atoms with van der Waals surface area (Å²) >= 11 is 0. The number of nitrogens with zero attached hydrogens (tertiary/aromatic N) is 5. The Morgan fingerprint density at radius 3 is 2.43 bits per heavy atom. The van der Waals surface area contributed by atoms with Crippen molar-refractivity contribution in [3.05, 3.63) is 65.7 Å². The fourth-order valence-corrected chi connectivity index (χ4v) is 6.53. The summed E-state index contributed by atoms with van der Waals surface area (Å²) in [4.78, 5) is 6.63. The largest absolute Gasteiger partial charge is 0.341 e. The number of alkyl halides is 2. The summed E-state index contributed by atoms with van der Waals surface area (Å²) in [5.74, 6) is 1.47. The first-order valence-corrected chi connectivity index (χ1v) is 13.4. The summed E-state index contributed by atoms with van der Waals surface area (Å²) in [6.45, 7) is 5.13. The third-order valence-corrected chi connectivity index (χ3v) is 8.55. The standard InChI is InChI=1S/C30H35F2N5/c1-19-35(3)28-15-23(14-25(29(28)36(19)4)20-9-6-5-7-10-20)37-12-8-11-21-13-24(22-17-33-34(2)18-22)26(30(31)32)16-27(21)37/h13-18,20,30H,1,5-12H2,2-4H3. The minimum Gasteiger partial charge on any atom is -0.341 e. The van der Waals surface area contributed by atoms with Gasteiger partial charge in [-0.1, -0.05) is 25.8 Å². The molecule has 1 saturated carbocycles. The van der Waals surface area contributed by atoms with Gasteiger partial charge in [0.1, 0.15) is 5.82 Å². The first-order chi connectivity index (χ1) is 17.8. The molecule has 1 fully saturated rings. The quantitative estimate of drug-likeness (QED) is 0.368. The molecular formula is C30H35F2N5. The van der Waals surface area contributed by atoms with Gasteiger partial charge in [-0.15, -0.1) is 0 Å². The van der Waals surface area contributed by atoms with Crippen LogP contribution in [-0.4, -0.2) is 30.4 Å². The van der Waals surface area contributed by atoms with E-state index in [1.807, 2.05) is 19.3 Å². The summed E-state index contributed by atoms with van der Waals surface area (Å²) in [7, 11) is 5.98. The molecule has 6 rings (SSSR count). The SMILES string of the molecule is C=C1N(C)c2cc(N3CCCc4cc(-c5cnn(C)c5)c(C(F)F)cc43)cc(C3CCCCC3)c2N1C. The van der Waals surface area contributed by atoms with Gasteiger partial charge in [-0.3, -0.25) is 4.68 Å². The third kappa shape index (κ3) is 3.99. The molecule has 0 spiro atoms. The van der Waals surface area contributed by atoms with E-state index in [9.17, 15) is 8.78 Å². The number of fused-ring (bicyclic) bond motifs is 2. The number of benzene rings is 2. The molecule has 194 valence electrons. The Bertz CT molecular complexity index is 1350. The molecule has 3 aliphatic rings. The van der Waals surface area contributed by atoms with Crippen molar-refractivity contribution in [2.45, 2.75) is 57.3 Å². The van der Waals surface area contributed by atoms with Crippen molar-refractivity contribution in [3.8, 4) is 11.1 Å². The molecule has 0 bridgehead atoms. The Labute approximate surface area is 218 Å². The summed E-state index contributed by atoms with van der Waals surface area (Å²) < 4.78 is 30.4. The van der Waals surface area contributed by atoms with Gasteiger partial charge in [0.15, 0.2) is 0 Å². The van der Waals surface area contributed by atoms with Crippen molar-refractivity contribution >= 4 is 22.7 Å². The van der Waals surface area contributed by atoms with Gasteiger partial charge < -0.3 is 14.7 Å². The molecule has 0 amide bonds. The van der Waals surface area contributed by atoms with E-state index in [0.29, 0.717) is 11.5 Å². The van der Waals surface area contributed by atoms with Crippen LogP contribution in [0, 0.1) is 0 Å². The van der Waals surface area contributed by atoms with Crippen LogP contribution in [0.3, 0.4) is 0 Å². The molecule has 3 heterocycles. The number of aryl methyl sites for hydroxylation is 2. The zero-order valence-electron chi connectivity index (χ0n) is 22.0. The monoisotopic (exact) mass is 503 g/mol. The van der Waals surface area contributed by atoms with Gasteiger partial charge >= 0.3 is 0 Å². The van der Waals surface area contributed by atoms with E-state index in [-0.39, 0.29) is 5.56 Å². The number of anilines is 4. The van der Waals surface area contributed by atoms with Gasteiger partial charge in [-0.2, -0.15) is 5.10 Å². The van der Waals surface area contributed by atoms with Crippen LogP contribution in [0.4, 0.5) is 31.5 Å². The van der Waals surface area contributed by atoms with Crippen molar-refractivity contribution in [1.82, 2.24) is 9.78 Å². The number of hydrogen-bond donors (Lipinski definition) is 0. The maximum absolute atomic E-state index is 14.4. The van der Waals surface area contributed by atoms with Crippen LogP contribution in [0.25, 0.3) is 11.1 Å². The number of aromatic nitrogens is 2. The van der Waals surface area contributed by atoms with Crippen LogP contribution < -0.4 is 14.7 Å². The van der Waals surface area contributed by atoms with E-state index in [2.05, 4.69) is 52.6 Å². The molecule has 0 atom stereocenters. The molecule has 0 saturated heterocycles. The van der Waals surface area contributed by atoms with E-state index in [1.54, 1.807) is 16.9 Å². The average Bonchev–Trinajstić information content (AvgIpc) is 3.44. The second-order valence-corrected chi connectivity index (χ2v) is 10.8. The minimum atomic E-state index is -2.56. The van der Waals surface area contributed by atoms with Crippen LogP contribution in [0.1, 0.15) is 67.6 Å². The second-order valence-electron chi connectivity index (χ2n) is 10.8. The maximum Gasteiger partial charge on any atom is 0.264 e. The zero-order valence-corrected chi connectivity index (χ0v) is 22.0. The van der Waals surface area contributed by atoms with Gasteiger partial charge in [-0.05, 0) is 72.6 Å². The molecular weight excluding hydrogens is 468 g/mol. The number of rotatable bonds is 4. The Kier molecular flexibility index (Phi) is 5.97. The predicted molar refractivity (Wildman–Crippen MR) is 147 cm³/mol. The molecule has 0 unspecified atom stereocenters. The van der Waals surface area contributed by atoms with Crippen LogP contribution in [0.2, 0.25) is 0 Å². The van der Waals surface area contributed by atoms with E-state index < -0.39 is 6.43 Å². The fourth-order valence-electron chi connectivity index (χ4n) is 6.53. The molecule has 37 heavy (non-hydrogen) atoms. The van der Waals surface area contributed by atoms with Crippen molar-refractivity contribution in [2.75, 3.05) is 35.3 Å². The summed E-state index contributed by atoms with van der Waals surface area (Å²) in [6.07, 6.45) is 8.97. The number of halogens is 2. The van der Waals surface area contributed by atoms with Gasteiger partial charge in [0.25, 0.3) is 6.43 Å². The highest BCUT2D eigenvalue weighted by molar-refractivity contribution is 5.89. The molecule has 1 aromatic heterocycles. The van der Waals surface area contributed by atoms with E-state index in [4.69, 9.17) is 0 Å². The minimum absolute atomic E-state index is 0.0672. The van der Waals surface area contributed by atoms with Crippen LogP contribution in [-0.2, 0) is 13.5 Å². The topological polar surface area (TPSA) is 27.5 Å². The van der Waals surface area contributed by atoms with Crippen LogP contribution in [0.5, 0.6) is 0 Å². The summed E-state index contributed by atoms with van der Waals surface area (Å²) in [5.41, 5.74) is 8.26. The van der Waals surface area contributed by atoms with E-state index in [0.717, 1.165) is 53.4 Å². The normalized spacial score (nSPS) is 18.1. The van der Waals surface area contributed by atoms with Gasteiger partial charge in [0, 0.05) is 56.4 Å². The molecule has 7 heteroatoms. The van der Waals surface area contributed by atoms with Crippen molar-refractivity contribution in [2.24, 2.45) is 7.05 Å². The van der Waals surface area contributed by atoms with Crippen molar-refractivity contribution < 1.29 is 8.78 Å². The van der Waals surface area contributed by atoms with Gasteiger partial charge in [0.05, 0.1) is 17.6 Å². The average molecular weight is 504 g/mol. The first-order valence-electron chi connectivity index (χ1n) is 13.4. The highest BCUT2D eigenvalue weighted by atomic mass is 19.3. The molecule has 2 aromatic carbocycles. The lowest BCUT2D eigenvalue weighted by atomic mass is 9.82. The Morgan fingerprint density at radius 1 is 0.946 bits per heavy atom. The second kappa shape index (κ2) is 9.19. The third-order valence-electron chi connectivity index (χ3n) is 8.55. The molecule has 5 nitrogen and oxygen atoms in total. The predicted octanol–water partition coefficient (Wildman–Crippen LogP) is 7.51. The zero-order chi connectivity index (χ0) is 25.8. The fraction of sp³-hybridized carbons (Fsp3) is 0.433. The molecule has 1 aliphatic carbocycles. The molecule has 3 aromatic rings. The maximum atomic E-state index is 14.4. The smallest absolute Gasteiger partial charge is 0.264 e. The van der Waals surface area contributed by atoms with E-state index in [1.165, 1.54) is 43.4 Å². The summed E-state index contributed by atoms with van der Waals surface area (Å²) in [5, 5.41) is 4.22. The Hall–Kier alpha value is -3.35. The summed E-state index contributed by atoms with van der Waals surface area (Å²) in [6, 6.07) is 8.26. The van der Waals surface area contributed by atoms with Crippen molar-refractivity contribution in [1.29, 1.82) is 0 Å². The van der Waals surface area contributed by atoms with Gasteiger partial charge in [0.2, 0.25) is 0 Å². The van der Waals surface area contributed by atoms with Crippen LogP contribution in [0.15, 0.2) is 49.1 Å². The highest BCUT2D eigenvalue weighted by Gasteiger charge is 2.33. The lowest BCUT2D eigenvalue weighted by Gasteiger charge is -2.34. The molecule has 0 radical (unpaired) electrons. The molecule has 2 aliphatic heterocycles. The van der Waals surface area contributed by atoms with E-state index >= 15 is 0 Å². The Morgan fingerprint density at radius 2 is 1.73 bits per heavy atom.